The number of amides is 1. The van der Waals surface area contributed by atoms with Gasteiger partial charge < -0.3 is 15.2 Å². The summed E-state index contributed by atoms with van der Waals surface area (Å²) in [5, 5.41) is 12.5. The minimum Gasteiger partial charge on any atom is -0.441 e. The summed E-state index contributed by atoms with van der Waals surface area (Å²) in [5.41, 5.74) is 3.51. The van der Waals surface area contributed by atoms with E-state index < -0.39 is 18.0 Å². The third kappa shape index (κ3) is 7.15. The molecule has 39 heavy (non-hydrogen) atoms. The number of cyclic esters (lactones) is 1. The summed E-state index contributed by atoms with van der Waals surface area (Å²) in [5.74, 6) is -0.412. The van der Waals surface area contributed by atoms with E-state index >= 15 is 0 Å². The van der Waals surface area contributed by atoms with Gasteiger partial charge in [0.2, 0.25) is 0 Å². The number of hydrogen-bond acceptors (Lipinski definition) is 6. The Bertz CT molecular complexity index is 1210. The standard InChI is InChI=1S/C31H37FN4O3/c32-29-18-26(36-22-28(23-37)39-31(36)38)13-14-30(29)33-15-7-12-27-21-34(19-24-8-3-1-4-9-24)16-17-35(27)20-25-10-5-2-6-11-25/h1-6,8-11,13-14,18,27-28,33,37H,7,12,15-17,19-23H2/t27?,28-/m1/s1. The van der Waals surface area contributed by atoms with Crippen molar-refractivity contribution in [2.75, 3.05) is 49.5 Å². The fourth-order valence-corrected chi connectivity index (χ4v) is 5.45. The van der Waals surface area contributed by atoms with E-state index in [0.29, 0.717) is 24.0 Å². The predicted octanol–water partition coefficient (Wildman–Crippen LogP) is 4.72. The third-order valence-corrected chi connectivity index (χ3v) is 7.54. The molecular weight excluding hydrogens is 495 g/mol. The van der Waals surface area contributed by atoms with Crippen molar-refractivity contribution in [2.45, 2.75) is 38.1 Å². The maximum absolute atomic E-state index is 14.8. The SMILES string of the molecule is O=C1O[C@@H](CO)CN1c1ccc(NCCCC2CN(Cc3ccccc3)CCN2Cc2ccccc2)c(F)c1. The fraction of sp³-hybridized carbons (Fsp3) is 0.387. The molecule has 0 radical (unpaired) electrons. The Labute approximate surface area is 229 Å². The number of aliphatic hydroxyl groups excluding tert-OH is 1. The molecule has 2 N–H and O–H groups in total. The number of piperazine rings is 1. The number of nitrogens with one attached hydrogen (secondary N) is 1. The Morgan fingerprint density at radius 2 is 1.64 bits per heavy atom. The molecule has 206 valence electrons. The summed E-state index contributed by atoms with van der Waals surface area (Å²) in [6, 6.07) is 26.4. The molecule has 1 amide bonds. The van der Waals surface area contributed by atoms with Gasteiger partial charge in [-0.3, -0.25) is 14.7 Å². The van der Waals surface area contributed by atoms with Crippen LogP contribution in [-0.4, -0.2) is 72.5 Å². The first-order valence-electron chi connectivity index (χ1n) is 13.8. The van der Waals surface area contributed by atoms with Gasteiger partial charge in [0, 0.05) is 45.3 Å². The van der Waals surface area contributed by atoms with E-state index in [1.807, 2.05) is 0 Å². The van der Waals surface area contributed by atoms with Crippen molar-refractivity contribution in [3.05, 3.63) is 95.8 Å². The Morgan fingerprint density at radius 1 is 0.923 bits per heavy atom. The zero-order chi connectivity index (χ0) is 27.0. The second-order valence-corrected chi connectivity index (χ2v) is 10.4. The molecule has 2 aliphatic heterocycles. The molecule has 2 fully saturated rings. The van der Waals surface area contributed by atoms with Crippen LogP contribution in [0, 0.1) is 5.82 Å². The molecule has 0 aromatic heterocycles. The van der Waals surface area contributed by atoms with Crippen molar-refractivity contribution < 1.29 is 19.0 Å². The number of nitrogens with zero attached hydrogens (tertiary/aromatic N) is 3. The highest BCUT2D eigenvalue weighted by atomic mass is 19.1. The molecule has 0 bridgehead atoms. The molecule has 3 aromatic rings. The second-order valence-electron chi connectivity index (χ2n) is 10.4. The first-order valence-corrected chi connectivity index (χ1v) is 13.8. The molecule has 0 saturated carbocycles. The lowest BCUT2D eigenvalue weighted by Gasteiger charge is -2.42. The molecular formula is C31H37FN4O3. The van der Waals surface area contributed by atoms with Gasteiger partial charge in [-0.2, -0.15) is 0 Å². The molecule has 2 heterocycles. The number of benzene rings is 3. The molecule has 5 rings (SSSR count). The van der Waals surface area contributed by atoms with Crippen LogP contribution in [0.15, 0.2) is 78.9 Å². The normalized spacial score (nSPS) is 20.3. The minimum atomic E-state index is -0.580. The lowest BCUT2D eigenvalue weighted by molar-refractivity contribution is 0.0589. The van der Waals surface area contributed by atoms with Crippen LogP contribution < -0.4 is 10.2 Å². The average molecular weight is 533 g/mol. The Hall–Kier alpha value is -3.46. The predicted molar refractivity (Wildman–Crippen MR) is 151 cm³/mol. The van der Waals surface area contributed by atoms with Gasteiger partial charge in [0.15, 0.2) is 0 Å². The molecule has 0 spiro atoms. The maximum atomic E-state index is 14.8. The number of carbonyl (C=O) groups excluding carboxylic acids is 1. The van der Waals surface area contributed by atoms with E-state index in [1.165, 1.54) is 22.1 Å². The highest BCUT2D eigenvalue weighted by Crippen LogP contribution is 2.26. The van der Waals surface area contributed by atoms with Crippen molar-refractivity contribution >= 4 is 17.5 Å². The van der Waals surface area contributed by atoms with Crippen molar-refractivity contribution in [2.24, 2.45) is 0 Å². The zero-order valence-corrected chi connectivity index (χ0v) is 22.2. The third-order valence-electron chi connectivity index (χ3n) is 7.54. The van der Waals surface area contributed by atoms with Crippen LogP contribution in [0.4, 0.5) is 20.6 Å². The number of rotatable bonds is 11. The zero-order valence-electron chi connectivity index (χ0n) is 22.2. The molecule has 0 aliphatic carbocycles. The molecule has 1 unspecified atom stereocenters. The lowest BCUT2D eigenvalue weighted by atomic mass is 10.0. The molecule has 2 aliphatic rings. The van der Waals surface area contributed by atoms with Crippen molar-refractivity contribution in [3.8, 4) is 0 Å². The van der Waals surface area contributed by atoms with Gasteiger partial charge in [-0.15, -0.1) is 0 Å². The van der Waals surface area contributed by atoms with E-state index in [9.17, 15) is 14.3 Å². The van der Waals surface area contributed by atoms with Crippen LogP contribution >= 0.6 is 0 Å². The van der Waals surface area contributed by atoms with Crippen LogP contribution in [0.5, 0.6) is 0 Å². The molecule has 8 heteroatoms. The summed E-state index contributed by atoms with van der Waals surface area (Å²) < 4.78 is 19.9. The molecule has 2 atom stereocenters. The number of halogens is 1. The Balaban J connectivity index is 1.16. The highest BCUT2D eigenvalue weighted by Gasteiger charge is 2.32. The van der Waals surface area contributed by atoms with Gasteiger partial charge in [-0.05, 0) is 42.2 Å². The van der Waals surface area contributed by atoms with Crippen molar-refractivity contribution in [1.82, 2.24) is 9.80 Å². The van der Waals surface area contributed by atoms with Gasteiger partial charge in [0.25, 0.3) is 0 Å². The van der Waals surface area contributed by atoms with E-state index in [2.05, 4.69) is 75.8 Å². The van der Waals surface area contributed by atoms with E-state index in [1.54, 1.807) is 12.1 Å². The first-order chi connectivity index (χ1) is 19.1. The molecule has 2 saturated heterocycles. The van der Waals surface area contributed by atoms with Gasteiger partial charge in [-0.1, -0.05) is 60.7 Å². The smallest absolute Gasteiger partial charge is 0.414 e. The van der Waals surface area contributed by atoms with Crippen LogP contribution in [-0.2, 0) is 17.8 Å². The second kappa shape index (κ2) is 13.1. The lowest BCUT2D eigenvalue weighted by Crippen LogP contribution is -2.52. The number of anilines is 2. The van der Waals surface area contributed by atoms with Gasteiger partial charge >= 0.3 is 6.09 Å². The van der Waals surface area contributed by atoms with Crippen LogP contribution in [0.2, 0.25) is 0 Å². The monoisotopic (exact) mass is 532 g/mol. The van der Waals surface area contributed by atoms with Crippen molar-refractivity contribution in [1.29, 1.82) is 0 Å². The van der Waals surface area contributed by atoms with Gasteiger partial charge in [0.1, 0.15) is 11.9 Å². The summed E-state index contributed by atoms with van der Waals surface area (Å²) >= 11 is 0. The average Bonchev–Trinajstić information content (AvgIpc) is 3.35. The van der Waals surface area contributed by atoms with Crippen LogP contribution in [0.3, 0.4) is 0 Å². The minimum absolute atomic E-state index is 0.212. The van der Waals surface area contributed by atoms with E-state index in [-0.39, 0.29) is 13.2 Å². The topological polar surface area (TPSA) is 68.3 Å². The highest BCUT2D eigenvalue weighted by molar-refractivity contribution is 5.90. The van der Waals surface area contributed by atoms with Crippen LogP contribution in [0.25, 0.3) is 0 Å². The van der Waals surface area contributed by atoms with Crippen LogP contribution in [0.1, 0.15) is 24.0 Å². The molecule has 3 aromatic carbocycles. The van der Waals surface area contributed by atoms with Crippen molar-refractivity contribution in [3.63, 3.8) is 0 Å². The fourth-order valence-electron chi connectivity index (χ4n) is 5.45. The van der Waals surface area contributed by atoms with E-state index in [4.69, 9.17) is 4.74 Å². The summed E-state index contributed by atoms with van der Waals surface area (Å²) in [6.45, 7) is 5.57. The number of aliphatic hydroxyl groups is 1. The Morgan fingerprint density at radius 3 is 2.31 bits per heavy atom. The number of hydrogen-bond donors (Lipinski definition) is 2. The quantitative estimate of drug-likeness (QED) is 0.349. The summed E-state index contributed by atoms with van der Waals surface area (Å²) in [7, 11) is 0. The van der Waals surface area contributed by atoms with Gasteiger partial charge in [0.05, 0.1) is 24.5 Å². The van der Waals surface area contributed by atoms with E-state index in [0.717, 1.165) is 45.6 Å². The largest absolute Gasteiger partial charge is 0.441 e. The number of carbonyl (C=O) groups is 1. The summed E-state index contributed by atoms with van der Waals surface area (Å²) in [6.07, 6.45) is 0.770. The summed E-state index contributed by atoms with van der Waals surface area (Å²) in [4.78, 5) is 18.5. The molecule has 7 nitrogen and oxygen atoms in total. The first kappa shape index (κ1) is 27.1. The van der Waals surface area contributed by atoms with Gasteiger partial charge in [-0.25, -0.2) is 9.18 Å². The Kier molecular flexibility index (Phi) is 9.08. The number of ether oxygens (including phenoxy) is 1. The maximum Gasteiger partial charge on any atom is 0.414 e.